The minimum Gasteiger partial charge on any atom is -0.352 e. The SMILES string of the molecule is CCCCCNS(=O)(=O)c1ccc(C(=O)NCCCC)cc1. The summed E-state index contributed by atoms with van der Waals surface area (Å²) in [6, 6.07) is 6.03. The molecule has 2 N–H and O–H groups in total. The van der Waals surface area contributed by atoms with Crippen LogP contribution in [0.4, 0.5) is 0 Å². The fraction of sp³-hybridized carbons (Fsp3) is 0.562. The molecule has 0 aromatic heterocycles. The lowest BCUT2D eigenvalue weighted by Gasteiger charge is -2.08. The van der Waals surface area contributed by atoms with E-state index in [1.165, 1.54) is 12.1 Å². The number of nitrogens with one attached hydrogen (secondary N) is 2. The van der Waals surface area contributed by atoms with E-state index in [9.17, 15) is 13.2 Å². The van der Waals surface area contributed by atoms with Gasteiger partial charge in [-0.15, -0.1) is 0 Å². The molecule has 0 heterocycles. The first-order chi connectivity index (χ1) is 10.5. The zero-order valence-electron chi connectivity index (χ0n) is 13.4. The Morgan fingerprint density at radius 3 is 2.18 bits per heavy atom. The summed E-state index contributed by atoms with van der Waals surface area (Å²) < 4.78 is 26.7. The Balaban J connectivity index is 2.61. The second-order valence-electron chi connectivity index (χ2n) is 5.24. The Bertz CT molecular complexity index is 553. The molecule has 5 nitrogen and oxygen atoms in total. The highest BCUT2D eigenvalue weighted by atomic mass is 32.2. The molecular weight excluding hydrogens is 300 g/mol. The van der Waals surface area contributed by atoms with E-state index in [1.807, 2.05) is 0 Å². The third-order valence-corrected chi connectivity index (χ3v) is 4.79. The molecule has 0 aliphatic carbocycles. The highest BCUT2D eigenvalue weighted by Gasteiger charge is 2.14. The predicted octanol–water partition coefficient (Wildman–Crippen LogP) is 2.69. The van der Waals surface area contributed by atoms with E-state index < -0.39 is 10.0 Å². The number of hydrogen-bond acceptors (Lipinski definition) is 3. The number of hydrogen-bond donors (Lipinski definition) is 2. The average molecular weight is 326 g/mol. The molecule has 1 aromatic carbocycles. The Kier molecular flexibility index (Phi) is 8.12. The normalized spacial score (nSPS) is 11.4. The molecule has 1 amide bonds. The maximum absolute atomic E-state index is 12.1. The standard InChI is InChI=1S/C16H26N2O3S/c1-3-5-7-13-18-22(20,21)15-10-8-14(9-11-15)16(19)17-12-6-4-2/h8-11,18H,3-7,12-13H2,1-2H3,(H,17,19). The molecule has 0 aliphatic heterocycles. The molecule has 0 spiro atoms. The van der Waals surface area contributed by atoms with E-state index in [0.717, 1.165) is 32.1 Å². The van der Waals surface area contributed by atoms with Crippen LogP contribution in [-0.4, -0.2) is 27.4 Å². The quantitative estimate of drug-likeness (QED) is 0.649. The summed E-state index contributed by atoms with van der Waals surface area (Å²) in [5.41, 5.74) is 0.473. The molecule has 22 heavy (non-hydrogen) atoms. The van der Waals surface area contributed by atoms with Gasteiger partial charge in [0.1, 0.15) is 0 Å². The minimum atomic E-state index is -3.49. The summed E-state index contributed by atoms with van der Waals surface area (Å²) in [5, 5.41) is 2.80. The first-order valence-corrected chi connectivity index (χ1v) is 9.37. The predicted molar refractivity (Wildman–Crippen MR) is 88.4 cm³/mol. The van der Waals surface area contributed by atoms with Gasteiger partial charge < -0.3 is 5.32 Å². The zero-order chi connectivity index (χ0) is 16.4. The minimum absolute atomic E-state index is 0.173. The van der Waals surface area contributed by atoms with Gasteiger partial charge in [0, 0.05) is 18.7 Å². The Hall–Kier alpha value is -1.40. The summed E-state index contributed by atoms with van der Waals surface area (Å²) in [5.74, 6) is -0.173. The lowest BCUT2D eigenvalue weighted by atomic mass is 10.2. The van der Waals surface area contributed by atoms with Crippen LogP contribution in [-0.2, 0) is 10.0 Å². The lowest BCUT2D eigenvalue weighted by Crippen LogP contribution is -2.26. The van der Waals surface area contributed by atoms with E-state index in [4.69, 9.17) is 0 Å². The van der Waals surface area contributed by atoms with Crippen molar-refractivity contribution in [3.05, 3.63) is 29.8 Å². The average Bonchev–Trinajstić information content (AvgIpc) is 2.52. The topological polar surface area (TPSA) is 75.3 Å². The van der Waals surface area contributed by atoms with E-state index in [2.05, 4.69) is 23.9 Å². The first-order valence-electron chi connectivity index (χ1n) is 7.89. The van der Waals surface area contributed by atoms with Gasteiger partial charge in [-0.05, 0) is 37.1 Å². The Labute approximate surface area is 133 Å². The molecule has 6 heteroatoms. The molecule has 0 radical (unpaired) electrons. The maximum Gasteiger partial charge on any atom is 0.251 e. The molecule has 0 unspecified atom stereocenters. The largest absolute Gasteiger partial charge is 0.352 e. The number of benzene rings is 1. The third-order valence-electron chi connectivity index (χ3n) is 3.32. The van der Waals surface area contributed by atoms with Crippen LogP contribution >= 0.6 is 0 Å². The van der Waals surface area contributed by atoms with Crippen LogP contribution in [0.25, 0.3) is 0 Å². The molecule has 0 saturated carbocycles. The highest BCUT2D eigenvalue weighted by molar-refractivity contribution is 7.89. The van der Waals surface area contributed by atoms with Crippen LogP contribution in [0.15, 0.2) is 29.2 Å². The molecule has 0 saturated heterocycles. The van der Waals surface area contributed by atoms with Crippen LogP contribution in [0.2, 0.25) is 0 Å². The second kappa shape index (κ2) is 9.58. The van der Waals surface area contributed by atoms with Crippen molar-refractivity contribution in [2.45, 2.75) is 50.8 Å². The molecular formula is C16H26N2O3S. The molecule has 124 valence electrons. The number of amides is 1. The van der Waals surface area contributed by atoms with Crippen LogP contribution in [0.3, 0.4) is 0 Å². The van der Waals surface area contributed by atoms with Crippen LogP contribution in [0, 0.1) is 0 Å². The smallest absolute Gasteiger partial charge is 0.251 e. The summed E-state index contributed by atoms with van der Waals surface area (Å²) in [7, 11) is -3.49. The fourth-order valence-corrected chi connectivity index (χ4v) is 3.01. The molecule has 1 rings (SSSR count). The number of unbranched alkanes of at least 4 members (excludes halogenated alkanes) is 3. The number of carbonyl (C=O) groups is 1. The van der Waals surface area contributed by atoms with Crippen molar-refractivity contribution < 1.29 is 13.2 Å². The van der Waals surface area contributed by atoms with Crippen molar-refractivity contribution in [2.75, 3.05) is 13.1 Å². The summed E-state index contributed by atoms with van der Waals surface area (Å²) in [6.45, 7) is 5.20. The number of carbonyl (C=O) groups excluding carboxylic acids is 1. The van der Waals surface area contributed by atoms with Crippen molar-refractivity contribution in [1.82, 2.24) is 10.0 Å². The molecule has 0 aliphatic rings. The van der Waals surface area contributed by atoms with Crippen LogP contribution in [0.1, 0.15) is 56.3 Å². The van der Waals surface area contributed by atoms with E-state index >= 15 is 0 Å². The molecule has 0 atom stereocenters. The van der Waals surface area contributed by atoms with Gasteiger partial charge in [0.15, 0.2) is 0 Å². The van der Waals surface area contributed by atoms with E-state index in [1.54, 1.807) is 12.1 Å². The van der Waals surface area contributed by atoms with Crippen LogP contribution in [0.5, 0.6) is 0 Å². The van der Waals surface area contributed by atoms with Crippen LogP contribution < -0.4 is 10.0 Å². The van der Waals surface area contributed by atoms with Gasteiger partial charge in [0.05, 0.1) is 4.90 Å². The van der Waals surface area contributed by atoms with Gasteiger partial charge in [0.25, 0.3) is 5.91 Å². The van der Waals surface area contributed by atoms with Crippen molar-refractivity contribution in [3.63, 3.8) is 0 Å². The van der Waals surface area contributed by atoms with E-state index in [-0.39, 0.29) is 10.8 Å². The maximum atomic E-state index is 12.1. The summed E-state index contributed by atoms with van der Waals surface area (Å²) in [4.78, 5) is 12.0. The van der Waals surface area contributed by atoms with Gasteiger partial charge in [-0.2, -0.15) is 0 Å². The molecule has 1 aromatic rings. The zero-order valence-corrected chi connectivity index (χ0v) is 14.2. The summed E-state index contributed by atoms with van der Waals surface area (Å²) >= 11 is 0. The number of rotatable bonds is 10. The Morgan fingerprint density at radius 2 is 1.59 bits per heavy atom. The third kappa shape index (κ3) is 6.15. The first kappa shape index (κ1) is 18.6. The van der Waals surface area contributed by atoms with Gasteiger partial charge in [0.2, 0.25) is 10.0 Å². The molecule has 0 fully saturated rings. The highest BCUT2D eigenvalue weighted by Crippen LogP contribution is 2.11. The van der Waals surface area contributed by atoms with E-state index in [0.29, 0.717) is 18.7 Å². The Morgan fingerprint density at radius 1 is 0.955 bits per heavy atom. The lowest BCUT2D eigenvalue weighted by molar-refractivity contribution is 0.0953. The van der Waals surface area contributed by atoms with Crippen molar-refractivity contribution in [2.24, 2.45) is 0 Å². The van der Waals surface area contributed by atoms with Gasteiger partial charge in [-0.3, -0.25) is 4.79 Å². The number of sulfonamides is 1. The summed E-state index contributed by atoms with van der Waals surface area (Å²) in [6.07, 6.45) is 4.82. The fourth-order valence-electron chi connectivity index (χ4n) is 1.93. The van der Waals surface area contributed by atoms with Crippen molar-refractivity contribution in [3.8, 4) is 0 Å². The van der Waals surface area contributed by atoms with Gasteiger partial charge in [-0.25, -0.2) is 13.1 Å². The van der Waals surface area contributed by atoms with Gasteiger partial charge >= 0.3 is 0 Å². The second-order valence-corrected chi connectivity index (χ2v) is 7.01. The molecule has 0 bridgehead atoms. The van der Waals surface area contributed by atoms with Gasteiger partial charge in [-0.1, -0.05) is 33.1 Å². The van der Waals surface area contributed by atoms with Crippen molar-refractivity contribution >= 4 is 15.9 Å². The monoisotopic (exact) mass is 326 g/mol. The van der Waals surface area contributed by atoms with Crippen molar-refractivity contribution in [1.29, 1.82) is 0 Å².